The largest absolute Gasteiger partial charge is 0.497 e. The molecule has 2 rings (SSSR count). The molecule has 7 nitrogen and oxygen atoms in total. The first kappa shape index (κ1) is 20.4. The summed E-state index contributed by atoms with van der Waals surface area (Å²) in [5.41, 5.74) is 0.788. The Kier molecular flexibility index (Phi) is 7.31. The van der Waals surface area contributed by atoms with Gasteiger partial charge in [-0.1, -0.05) is 18.5 Å². The Balaban J connectivity index is 2.16. The number of halogens is 1. The fourth-order valence-electron chi connectivity index (χ4n) is 2.18. The lowest BCUT2D eigenvalue weighted by atomic mass is 10.1. The average Bonchev–Trinajstić information content (AvgIpc) is 2.65. The number of benzene rings is 2. The molecule has 0 aliphatic heterocycles. The van der Waals surface area contributed by atoms with Gasteiger partial charge in [-0.25, -0.2) is 4.79 Å². The molecule has 0 bridgehead atoms. The first-order chi connectivity index (χ1) is 12.9. The van der Waals surface area contributed by atoms with E-state index in [2.05, 4.69) is 5.32 Å². The Morgan fingerprint density at radius 2 is 1.89 bits per heavy atom. The van der Waals surface area contributed by atoms with Crippen molar-refractivity contribution in [2.45, 2.75) is 13.3 Å². The third-order valence-corrected chi connectivity index (χ3v) is 3.73. The summed E-state index contributed by atoms with van der Waals surface area (Å²) < 4.78 is 15.9. The predicted molar refractivity (Wildman–Crippen MR) is 101 cm³/mol. The van der Waals surface area contributed by atoms with Crippen molar-refractivity contribution in [3.8, 4) is 17.2 Å². The van der Waals surface area contributed by atoms with E-state index in [4.69, 9.17) is 30.9 Å². The highest BCUT2D eigenvalue weighted by atomic mass is 35.5. The number of rotatable bonds is 9. The van der Waals surface area contributed by atoms with Crippen LogP contribution in [0.1, 0.15) is 23.7 Å². The van der Waals surface area contributed by atoms with E-state index in [0.29, 0.717) is 29.4 Å². The zero-order valence-electron chi connectivity index (χ0n) is 15.0. The van der Waals surface area contributed by atoms with Gasteiger partial charge in [0.05, 0.1) is 24.3 Å². The molecule has 2 N–H and O–H groups in total. The Bertz CT molecular complexity index is 824. The number of methoxy groups -OCH3 is 1. The first-order valence-electron chi connectivity index (χ1n) is 8.21. The Morgan fingerprint density at radius 3 is 2.52 bits per heavy atom. The van der Waals surface area contributed by atoms with Crippen LogP contribution >= 0.6 is 11.6 Å². The normalized spacial score (nSPS) is 10.2. The van der Waals surface area contributed by atoms with Gasteiger partial charge in [0.15, 0.2) is 6.61 Å². The third kappa shape index (κ3) is 5.79. The van der Waals surface area contributed by atoms with Gasteiger partial charge in [0.1, 0.15) is 17.2 Å². The summed E-state index contributed by atoms with van der Waals surface area (Å²) in [6.45, 7) is 1.93. The fourth-order valence-corrected chi connectivity index (χ4v) is 2.42. The molecule has 2 aromatic carbocycles. The standard InChI is InChI=1S/C19H20ClNO6/c1-3-8-26-17-10-13(25-2)5-6-14(17)19(24)21-12-4-7-16(15(20)9-12)27-11-18(22)23/h4-7,9-10H,3,8,11H2,1-2H3,(H,21,24)(H,22,23). The van der Waals surface area contributed by atoms with Crippen LogP contribution in [0, 0.1) is 0 Å². The summed E-state index contributed by atoms with van der Waals surface area (Å²) in [6, 6.07) is 9.47. The summed E-state index contributed by atoms with van der Waals surface area (Å²) in [7, 11) is 1.54. The number of hydrogen-bond donors (Lipinski definition) is 2. The zero-order valence-corrected chi connectivity index (χ0v) is 15.7. The van der Waals surface area contributed by atoms with Crippen molar-refractivity contribution in [3.05, 3.63) is 47.0 Å². The lowest BCUT2D eigenvalue weighted by Gasteiger charge is -2.13. The average molecular weight is 394 g/mol. The van der Waals surface area contributed by atoms with Gasteiger partial charge >= 0.3 is 5.97 Å². The quantitative estimate of drug-likeness (QED) is 0.672. The molecule has 2 aromatic rings. The van der Waals surface area contributed by atoms with Crippen LogP contribution in [0.4, 0.5) is 5.69 Å². The van der Waals surface area contributed by atoms with Gasteiger partial charge in [-0.05, 0) is 36.8 Å². The van der Waals surface area contributed by atoms with E-state index in [1.54, 1.807) is 24.3 Å². The van der Waals surface area contributed by atoms with Gasteiger partial charge in [-0.15, -0.1) is 0 Å². The van der Waals surface area contributed by atoms with Gasteiger partial charge in [0.2, 0.25) is 0 Å². The molecule has 0 saturated carbocycles. The molecule has 0 aliphatic rings. The number of nitrogens with one attached hydrogen (secondary N) is 1. The van der Waals surface area contributed by atoms with Gasteiger partial charge in [0, 0.05) is 11.8 Å². The van der Waals surface area contributed by atoms with Crippen molar-refractivity contribution < 1.29 is 28.9 Å². The van der Waals surface area contributed by atoms with E-state index in [1.807, 2.05) is 6.92 Å². The molecule has 0 saturated heterocycles. The topological polar surface area (TPSA) is 94.1 Å². The Morgan fingerprint density at radius 1 is 1.11 bits per heavy atom. The lowest BCUT2D eigenvalue weighted by Crippen LogP contribution is -2.14. The number of amides is 1. The summed E-state index contributed by atoms with van der Waals surface area (Å²) in [5, 5.41) is 11.6. The van der Waals surface area contributed by atoms with Crippen LogP contribution in [-0.4, -0.2) is 37.3 Å². The zero-order chi connectivity index (χ0) is 19.8. The number of anilines is 1. The number of hydrogen-bond acceptors (Lipinski definition) is 5. The van der Waals surface area contributed by atoms with E-state index in [-0.39, 0.29) is 16.7 Å². The molecular weight excluding hydrogens is 374 g/mol. The lowest BCUT2D eigenvalue weighted by molar-refractivity contribution is -0.139. The van der Waals surface area contributed by atoms with Gasteiger partial charge in [-0.2, -0.15) is 0 Å². The summed E-state index contributed by atoms with van der Waals surface area (Å²) in [4.78, 5) is 23.2. The molecule has 8 heteroatoms. The molecule has 1 amide bonds. The van der Waals surface area contributed by atoms with Crippen LogP contribution < -0.4 is 19.5 Å². The van der Waals surface area contributed by atoms with Crippen LogP contribution in [0.5, 0.6) is 17.2 Å². The molecule has 0 spiro atoms. The van der Waals surface area contributed by atoms with Crippen molar-refractivity contribution in [1.29, 1.82) is 0 Å². The molecule has 0 atom stereocenters. The van der Waals surface area contributed by atoms with E-state index in [0.717, 1.165) is 6.42 Å². The van der Waals surface area contributed by atoms with Gasteiger partial charge in [0.25, 0.3) is 5.91 Å². The van der Waals surface area contributed by atoms with Gasteiger partial charge < -0.3 is 24.6 Å². The number of carbonyl (C=O) groups excluding carboxylic acids is 1. The maximum Gasteiger partial charge on any atom is 0.341 e. The first-order valence-corrected chi connectivity index (χ1v) is 8.58. The van der Waals surface area contributed by atoms with Crippen molar-refractivity contribution in [2.75, 3.05) is 25.6 Å². The van der Waals surface area contributed by atoms with E-state index in [9.17, 15) is 9.59 Å². The number of aliphatic carboxylic acids is 1. The van der Waals surface area contributed by atoms with Gasteiger partial charge in [-0.3, -0.25) is 4.79 Å². The molecule has 0 heterocycles. The monoisotopic (exact) mass is 393 g/mol. The van der Waals surface area contributed by atoms with Crippen LogP contribution in [0.15, 0.2) is 36.4 Å². The third-order valence-electron chi connectivity index (χ3n) is 3.44. The summed E-state index contributed by atoms with van der Waals surface area (Å²) in [5.74, 6) is -0.267. The van der Waals surface area contributed by atoms with E-state index >= 15 is 0 Å². The summed E-state index contributed by atoms with van der Waals surface area (Å²) >= 11 is 6.07. The number of carbonyl (C=O) groups is 2. The van der Waals surface area contributed by atoms with Crippen LogP contribution in [0.3, 0.4) is 0 Å². The van der Waals surface area contributed by atoms with E-state index < -0.39 is 12.6 Å². The minimum absolute atomic E-state index is 0.186. The smallest absolute Gasteiger partial charge is 0.341 e. The second-order valence-corrected chi connectivity index (χ2v) is 5.90. The van der Waals surface area contributed by atoms with E-state index in [1.165, 1.54) is 19.2 Å². The highest BCUT2D eigenvalue weighted by Crippen LogP contribution is 2.29. The second kappa shape index (κ2) is 9.68. The maximum atomic E-state index is 12.6. The molecule has 0 aromatic heterocycles. The van der Waals surface area contributed by atoms with Crippen molar-refractivity contribution in [3.63, 3.8) is 0 Å². The fraction of sp³-hybridized carbons (Fsp3) is 0.263. The van der Waals surface area contributed by atoms with Crippen molar-refractivity contribution in [1.82, 2.24) is 0 Å². The molecular formula is C19H20ClNO6. The number of carboxylic acids is 1. The minimum Gasteiger partial charge on any atom is -0.497 e. The predicted octanol–water partition coefficient (Wildman–Crippen LogP) is 3.85. The highest BCUT2D eigenvalue weighted by Gasteiger charge is 2.15. The molecule has 0 unspecified atom stereocenters. The minimum atomic E-state index is -1.11. The SMILES string of the molecule is CCCOc1cc(OC)ccc1C(=O)Nc1ccc(OCC(=O)O)c(Cl)c1. The summed E-state index contributed by atoms with van der Waals surface area (Å²) in [6.07, 6.45) is 0.797. The number of ether oxygens (including phenoxy) is 3. The van der Waals surface area contributed by atoms with Crippen LogP contribution in [-0.2, 0) is 4.79 Å². The molecule has 0 radical (unpaired) electrons. The molecule has 0 fully saturated rings. The Labute approximate surface area is 161 Å². The van der Waals surface area contributed by atoms with Crippen LogP contribution in [0.2, 0.25) is 5.02 Å². The maximum absolute atomic E-state index is 12.6. The van der Waals surface area contributed by atoms with Crippen LogP contribution in [0.25, 0.3) is 0 Å². The molecule has 144 valence electrons. The van der Waals surface area contributed by atoms with Crippen molar-refractivity contribution >= 4 is 29.2 Å². The second-order valence-electron chi connectivity index (χ2n) is 5.49. The Hall–Kier alpha value is -2.93. The molecule has 27 heavy (non-hydrogen) atoms. The number of carboxylic acid groups (broad SMARTS) is 1. The van der Waals surface area contributed by atoms with Crippen molar-refractivity contribution in [2.24, 2.45) is 0 Å². The highest BCUT2D eigenvalue weighted by molar-refractivity contribution is 6.32. The molecule has 0 aliphatic carbocycles.